The lowest BCUT2D eigenvalue weighted by atomic mass is 10.3. The molecule has 0 radical (unpaired) electrons. The van der Waals surface area contributed by atoms with Crippen LogP contribution >= 0.6 is 11.8 Å². The van der Waals surface area contributed by atoms with Gasteiger partial charge in [0.2, 0.25) is 15.9 Å². The van der Waals surface area contributed by atoms with Crippen molar-refractivity contribution in [1.29, 1.82) is 0 Å². The Balaban J connectivity index is 2.60. The minimum Gasteiger partial charge on any atom is -0.326 e. The van der Waals surface area contributed by atoms with Gasteiger partial charge in [-0.2, -0.15) is 13.2 Å². The number of alkyl halides is 3. The summed E-state index contributed by atoms with van der Waals surface area (Å²) in [6, 6.07) is 5.36. The van der Waals surface area contributed by atoms with Crippen molar-refractivity contribution in [2.45, 2.75) is 23.7 Å². The van der Waals surface area contributed by atoms with Crippen LogP contribution in [0.1, 0.15) is 13.3 Å². The summed E-state index contributed by atoms with van der Waals surface area (Å²) in [5.41, 5.74) is -3.94. The van der Waals surface area contributed by atoms with E-state index in [1.165, 1.54) is 24.3 Å². The second-order valence-electron chi connectivity index (χ2n) is 4.12. The summed E-state index contributed by atoms with van der Waals surface area (Å²) in [5, 5.41) is 2.56. The number of anilines is 1. The predicted molar refractivity (Wildman–Crippen MR) is 79.1 cm³/mol. The van der Waals surface area contributed by atoms with Crippen LogP contribution in [0.25, 0.3) is 0 Å². The molecule has 0 bridgehead atoms. The van der Waals surface area contributed by atoms with E-state index >= 15 is 0 Å². The van der Waals surface area contributed by atoms with Crippen molar-refractivity contribution in [1.82, 2.24) is 4.72 Å². The van der Waals surface area contributed by atoms with Gasteiger partial charge in [0, 0.05) is 24.4 Å². The molecule has 0 spiro atoms. The highest BCUT2D eigenvalue weighted by molar-refractivity contribution is 8.00. The largest absolute Gasteiger partial charge is 0.441 e. The zero-order valence-corrected chi connectivity index (χ0v) is 13.2. The third-order valence-corrected chi connectivity index (χ3v) is 4.64. The third-order valence-electron chi connectivity index (χ3n) is 2.43. The van der Waals surface area contributed by atoms with E-state index in [0.29, 0.717) is 12.1 Å². The fourth-order valence-corrected chi connectivity index (χ4v) is 2.99. The van der Waals surface area contributed by atoms with Crippen molar-refractivity contribution in [3.05, 3.63) is 24.3 Å². The van der Waals surface area contributed by atoms with E-state index in [-0.39, 0.29) is 29.1 Å². The minimum absolute atomic E-state index is 0.0843. The number of thioether (sulfide) groups is 1. The van der Waals surface area contributed by atoms with Crippen LogP contribution in [0.5, 0.6) is 0 Å². The number of rotatable bonds is 7. The Labute approximate surface area is 130 Å². The fourth-order valence-electron chi connectivity index (χ4n) is 1.39. The summed E-state index contributed by atoms with van der Waals surface area (Å²) < 4.78 is 61.6. The molecular weight excluding hydrogens is 341 g/mol. The first-order valence-corrected chi connectivity index (χ1v) is 8.71. The highest BCUT2D eigenvalue weighted by Crippen LogP contribution is 2.29. The first kappa shape index (κ1) is 18.8. The van der Waals surface area contributed by atoms with Crippen LogP contribution in [0.3, 0.4) is 0 Å². The first-order valence-electron chi connectivity index (χ1n) is 6.24. The Hall–Kier alpha value is -1.26. The van der Waals surface area contributed by atoms with Gasteiger partial charge in [-0.05, 0) is 36.0 Å². The Morgan fingerprint density at radius 1 is 1.23 bits per heavy atom. The van der Waals surface area contributed by atoms with Gasteiger partial charge in [-0.25, -0.2) is 13.1 Å². The standard InChI is InChI=1S/C12H15F3N2O3S2/c1-2-11(18)17-9-3-5-10(6-4-9)22(19,20)16-7-8-21-12(13,14)15/h3-6,16H,2,7-8H2,1H3,(H,17,18). The summed E-state index contributed by atoms with van der Waals surface area (Å²) in [6.07, 6.45) is 0.290. The Morgan fingerprint density at radius 2 is 1.82 bits per heavy atom. The lowest BCUT2D eigenvalue weighted by Gasteiger charge is -2.09. The number of hydrogen-bond donors (Lipinski definition) is 2. The van der Waals surface area contributed by atoms with E-state index in [1.807, 2.05) is 0 Å². The molecule has 0 aromatic heterocycles. The van der Waals surface area contributed by atoms with Gasteiger partial charge in [0.15, 0.2) is 0 Å². The Bertz CT molecular complexity index is 601. The molecule has 0 saturated carbocycles. The van der Waals surface area contributed by atoms with E-state index < -0.39 is 21.3 Å². The monoisotopic (exact) mass is 356 g/mol. The van der Waals surface area contributed by atoms with Gasteiger partial charge in [-0.3, -0.25) is 4.79 Å². The van der Waals surface area contributed by atoms with Crippen LogP contribution in [-0.4, -0.2) is 32.1 Å². The van der Waals surface area contributed by atoms with Crippen molar-refractivity contribution in [2.24, 2.45) is 0 Å². The number of carbonyl (C=O) groups is 1. The molecular formula is C12H15F3N2O3S2. The van der Waals surface area contributed by atoms with Gasteiger partial charge in [-0.1, -0.05) is 6.92 Å². The summed E-state index contributed by atoms with van der Waals surface area (Å²) in [6.45, 7) is 1.35. The van der Waals surface area contributed by atoms with Crippen LogP contribution in [0, 0.1) is 0 Å². The quantitative estimate of drug-likeness (QED) is 0.737. The molecule has 2 N–H and O–H groups in total. The van der Waals surface area contributed by atoms with Crippen molar-refractivity contribution in [3.63, 3.8) is 0 Å². The van der Waals surface area contributed by atoms with Gasteiger partial charge in [-0.15, -0.1) is 0 Å². The van der Waals surface area contributed by atoms with Crippen molar-refractivity contribution >= 4 is 33.4 Å². The molecule has 1 rings (SSSR count). The molecule has 124 valence electrons. The SMILES string of the molecule is CCC(=O)Nc1ccc(S(=O)(=O)NCCSC(F)(F)F)cc1. The van der Waals surface area contributed by atoms with E-state index in [4.69, 9.17) is 0 Å². The van der Waals surface area contributed by atoms with Crippen molar-refractivity contribution < 1.29 is 26.4 Å². The number of sulfonamides is 1. The van der Waals surface area contributed by atoms with Gasteiger partial charge >= 0.3 is 5.51 Å². The highest BCUT2D eigenvalue weighted by atomic mass is 32.2. The van der Waals surface area contributed by atoms with Crippen LogP contribution in [0.4, 0.5) is 18.9 Å². The molecule has 1 amide bonds. The first-order chi connectivity index (χ1) is 10.1. The van der Waals surface area contributed by atoms with Gasteiger partial charge in [0.1, 0.15) is 0 Å². The van der Waals surface area contributed by atoms with Crippen LogP contribution < -0.4 is 10.0 Å². The van der Waals surface area contributed by atoms with Crippen LogP contribution in [-0.2, 0) is 14.8 Å². The van der Waals surface area contributed by atoms with Crippen molar-refractivity contribution in [2.75, 3.05) is 17.6 Å². The van der Waals surface area contributed by atoms with Gasteiger partial charge in [0.05, 0.1) is 4.90 Å². The second-order valence-corrected chi connectivity index (χ2v) is 7.04. The molecule has 5 nitrogen and oxygen atoms in total. The second kappa shape index (κ2) is 7.84. The maximum absolute atomic E-state index is 11.9. The molecule has 10 heteroatoms. The normalized spacial score (nSPS) is 12.2. The Morgan fingerprint density at radius 3 is 2.32 bits per heavy atom. The van der Waals surface area contributed by atoms with E-state index in [0.717, 1.165) is 0 Å². The molecule has 0 aliphatic heterocycles. The predicted octanol–water partition coefficient (Wildman–Crippen LogP) is 2.57. The molecule has 1 aromatic carbocycles. The van der Waals surface area contributed by atoms with Gasteiger partial charge in [0.25, 0.3) is 0 Å². The summed E-state index contributed by atoms with van der Waals surface area (Å²) in [4.78, 5) is 11.1. The molecule has 22 heavy (non-hydrogen) atoms. The zero-order valence-electron chi connectivity index (χ0n) is 11.6. The average molecular weight is 356 g/mol. The topological polar surface area (TPSA) is 75.3 Å². The summed E-state index contributed by atoms with van der Waals surface area (Å²) in [7, 11) is -3.87. The van der Waals surface area contributed by atoms with Crippen LogP contribution in [0.15, 0.2) is 29.2 Å². The number of halogens is 3. The molecule has 0 aliphatic rings. The average Bonchev–Trinajstić information content (AvgIpc) is 2.43. The Kier molecular flexibility index (Phi) is 6.69. The summed E-state index contributed by atoms with van der Waals surface area (Å²) in [5.74, 6) is -0.620. The number of hydrogen-bond acceptors (Lipinski definition) is 4. The van der Waals surface area contributed by atoms with Gasteiger partial charge < -0.3 is 5.32 Å². The smallest absolute Gasteiger partial charge is 0.326 e. The van der Waals surface area contributed by atoms with E-state index in [2.05, 4.69) is 10.0 Å². The van der Waals surface area contributed by atoms with Crippen molar-refractivity contribution in [3.8, 4) is 0 Å². The maximum Gasteiger partial charge on any atom is 0.441 e. The molecule has 0 heterocycles. The molecule has 0 aliphatic carbocycles. The molecule has 0 fully saturated rings. The fraction of sp³-hybridized carbons (Fsp3) is 0.417. The minimum atomic E-state index is -4.38. The van der Waals surface area contributed by atoms with E-state index in [9.17, 15) is 26.4 Å². The van der Waals surface area contributed by atoms with E-state index in [1.54, 1.807) is 6.92 Å². The number of carbonyl (C=O) groups excluding carboxylic acids is 1. The molecule has 1 aromatic rings. The third kappa shape index (κ3) is 6.67. The van der Waals surface area contributed by atoms with Crippen LogP contribution in [0.2, 0.25) is 0 Å². The lowest BCUT2D eigenvalue weighted by molar-refractivity contribution is -0.115. The highest BCUT2D eigenvalue weighted by Gasteiger charge is 2.27. The maximum atomic E-state index is 11.9. The summed E-state index contributed by atoms with van der Waals surface area (Å²) >= 11 is -0.293. The lowest BCUT2D eigenvalue weighted by Crippen LogP contribution is -2.26. The molecule has 0 unspecified atom stereocenters. The molecule has 0 atom stereocenters. The zero-order chi connectivity index (χ0) is 16.8. The number of nitrogens with one attached hydrogen (secondary N) is 2. The number of benzene rings is 1. The number of amides is 1. The molecule has 0 saturated heterocycles.